The molecule has 0 aromatic heterocycles. The van der Waals surface area contributed by atoms with Crippen LogP contribution in [0.1, 0.15) is 30.9 Å². The average Bonchev–Trinajstić information content (AvgIpc) is 2.21. The Hall–Kier alpha value is -1.30. The maximum atomic E-state index is 2.23. The molecule has 1 aromatic rings. The monoisotopic (exact) mass is 186 g/mol. The van der Waals surface area contributed by atoms with Gasteiger partial charge in [-0.2, -0.15) is 0 Å². The molecule has 0 saturated heterocycles. The summed E-state index contributed by atoms with van der Waals surface area (Å²) < 4.78 is 0. The van der Waals surface area contributed by atoms with Gasteiger partial charge in [0, 0.05) is 0 Å². The maximum Gasteiger partial charge on any atom is -0.0260 e. The Morgan fingerprint density at radius 2 is 1.64 bits per heavy atom. The van der Waals surface area contributed by atoms with Gasteiger partial charge in [-0.25, -0.2) is 0 Å². The van der Waals surface area contributed by atoms with Crippen molar-refractivity contribution < 1.29 is 0 Å². The number of rotatable bonds is 4. The van der Waals surface area contributed by atoms with E-state index in [2.05, 4.69) is 62.4 Å². The van der Waals surface area contributed by atoms with Crippen LogP contribution in [0.25, 0.3) is 6.08 Å². The quantitative estimate of drug-likeness (QED) is 0.484. The molecule has 0 saturated carbocycles. The third-order valence-corrected chi connectivity index (χ3v) is 2.12. The van der Waals surface area contributed by atoms with Crippen LogP contribution in [0.5, 0.6) is 0 Å². The largest absolute Gasteiger partial charge is 0.0917 e. The standard InChI is InChI=1S/C14H18/c1-3-4-5-6-7-8-14-11-9-13(2)10-12-14/h3-4,7-12H,5-6H2,1-2H3/b4-3-,8-7+. The fourth-order valence-corrected chi connectivity index (χ4v) is 1.26. The van der Waals surface area contributed by atoms with Gasteiger partial charge in [0.2, 0.25) is 0 Å². The van der Waals surface area contributed by atoms with E-state index in [4.69, 9.17) is 0 Å². The molecule has 0 heterocycles. The van der Waals surface area contributed by atoms with Crippen LogP contribution in [0.15, 0.2) is 42.5 Å². The minimum absolute atomic E-state index is 1.12. The van der Waals surface area contributed by atoms with Gasteiger partial charge in [0.1, 0.15) is 0 Å². The lowest BCUT2D eigenvalue weighted by molar-refractivity contribution is 1.05. The van der Waals surface area contributed by atoms with Crippen molar-refractivity contribution in [2.24, 2.45) is 0 Å². The van der Waals surface area contributed by atoms with Crippen molar-refractivity contribution in [1.82, 2.24) is 0 Å². The first-order valence-corrected chi connectivity index (χ1v) is 5.17. The van der Waals surface area contributed by atoms with Gasteiger partial charge in [-0.05, 0) is 32.3 Å². The SMILES string of the molecule is C/C=C\CC/C=C/c1ccc(C)cc1. The first-order chi connectivity index (χ1) is 6.83. The van der Waals surface area contributed by atoms with E-state index >= 15 is 0 Å². The van der Waals surface area contributed by atoms with E-state index in [1.54, 1.807) is 0 Å². The molecule has 0 aliphatic rings. The van der Waals surface area contributed by atoms with Gasteiger partial charge in [0.15, 0.2) is 0 Å². The molecular formula is C14H18. The number of unbranched alkanes of at least 4 members (excludes halogenated alkanes) is 1. The van der Waals surface area contributed by atoms with Crippen LogP contribution in [-0.4, -0.2) is 0 Å². The van der Waals surface area contributed by atoms with E-state index in [1.807, 2.05) is 0 Å². The fraction of sp³-hybridized carbons (Fsp3) is 0.286. The summed E-state index contributed by atoms with van der Waals surface area (Å²) in [5, 5.41) is 0. The van der Waals surface area contributed by atoms with Crippen molar-refractivity contribution in [3.05, 3.63) is 53.6 Å². The molecule has 0 aliphatic carbocycles. The third-order valence-electron chi connectivity index (χ3n) is 2.12. The lowest BCUT2D eigenvalue weighted by Gasteiger charge is -1.94. The van der Waals surface area contributed by atoms with Crippen molar-refractivity contribution in [2.75, 3.05) is 0 Å². The molecule has 0 radical (unpaired) electrons. The van der Waals surface area contributed by atoms with Crippen molar-refractivity contribution in [3.63, 3.8) is 0 Å². The van der Waals surface area contributed by atoms with E-state index in [0.717, 1.165) is 12.8 Å². The smallest absolute Gasteiger partial charge is 0.0260 e. The van der Waals surface area contributed by atoms with Crippen LogP contribution in [0.3, 0.4) is 0 Å². The summed E-state index contributed by atoms with van der Waals surface area (Å²) in [5.74, 6) is 0. The Balaban J connectivity index is 2.40. The zero-order valence-electron chi connectivity index (χ0n) is 9.03. The maximum absolute atomic E-state index is 2.23. The minimum atomic E-state index is 1.12. The Kier molecular flexibility index (Phi) is 4.77. The summed E-state index contributed by atoms with van der Waals surface area (Å²) in [5.41, 5.74) is 2.60. The van der Waals surface area contributed by atoms with Crippen molar-refractivity contribution in [2.45, 2.75) is 26.7 Å². The molecule has 0 unspecified atom stereocenters. The molecule has 0 bridgehead atoms. The molecule has 14 heavy (non-hydrogen) atoms. The van der Waals surface area contributed by atoms with Crippen molar-refractivity contribution in [1.29, 1.82) is 0 Å². The van der Waals surface area contributed by atoms with Crippen LogP contribution in [0, 0.1) is 6.92 Å². The topological polar surface area (TPSA) is 0 Å². The zero-order chi connectivity index (χ0) is 10.2. The minimum Gasteiger partial charge on any atom is -0.0917 e. The second-order valence-corrected chi connectivity index (χ2v) is 3.46. The predicted molar refractivity (Wildman–Crippen MR) is 64.3 cm³/mol. The number of hydrogen-bond donors (Lipinski definition) is 0. The fourth-order valence-electron chi connectivity index (χ4n) is 1.26. The highest BCUT2D eigenvalue weighted by Crippen LogP contribution is 2.06. The second kappa shape index (κ2) is 6.20. The highest BCUT2D eigenvalue weighted by Gasteiger charge is 1.85. The normalized spacial score (nSPS) is 11.6. The summed E-state index contributed by atoms with van der Waals surface area (Å²) in [6, 6.07) is 8.60. The van der Waals surface area contributed by atoms with Crippen LogP contribution < -0.4 is 0 Å². The number of aryl methyl sites for hydroxylation is 1. The highest BCUT2D eigenvalue weighted by atomic mass is 13.9. The summed E-state index contributed by atoms with van der Waals surface area (Å²) in [6.45, 7) is 4.17. The Morgan fingerprint density at radius 3 is 2.29 bits per heavy atom. The molecule has 0 spiro atoms. The van der Waals surface area contributed by atoms with Crippen LogP contribution in [0.4, 0.5) is 0 Å². The van der Waals surface area contributed by atoms with Crippen molar-refractivity contribution in [3.8, 4) is 0 Å². The van der Waals surface area contributed by atoms with Gasteiger partial charge in [-0.1, -0.05) is 54.1 Å². The number of hydrogen-bond acceptors (Lipinski definition) is 0. The van der Waals surface area contributed by atoms with E-state index < -0.39 is 0 Å². The van der Waals surface area contributed by atoms with Gasteiger partial charge in [-0.3, -0.25) is 0 Å². The molecule has 0 nitrogen and oxygen atoms in total. The molecule has 0 N–H and O–H groups in total. The average molecular weight is 186 g/mol. The predicted octanol–water partition coefficient (Wildman–Crippen LogP) is 4.36. The van der Waals surface area contributed by atoms with Crippen LogP contribution in [0.2, 0.25) is 0 Å². The first kappa shape index (κ1) is 10.8. The Labute approximate surface area is 87.0 Å². The lowest BCUT2D eigenvalue weighted by atomic mass is 10.1. The lowest BCUT2D eigenvalue weighted by Crippen LogP contribution is -1.73. The van der Waals surface area contributed by atoms with Crippen LogP contribution in [-0.2, 0) is 0 Å². The summed E-state index contributed by atoms with van der Waals surface area (Å²) in [6.07, 6.45) is 11.0. The highest BCUT2D eigenvalue weighted by molar-refractivity contribution is 5.49. The molecule has 0 amide bonds. The van der Waals surface area contributed by atoms with Gasteiger partial charge < -0.3 is 0 Å². The van der Waals surface area contributed by atoms with E-state index in [0.29, 0.717) is 0 Å². The molecule has 0 atom stereocenters. The zero-order valence-corrected chi connectivity index (χ0v) is 9.03. The van der Waals surface area contributed by atoms with Gasteiger partial charge in [-0.15, -0.1) is 0 Å². The van der Waals surface area contributed by atoms with Crippen LogP contribution >= 0.6 is 0 Å². The summed E-state index contributed by atoms with van der Waals surface area (Å²) >= 11 is 0. The molecule has 0 heteroatoms. The third kappa shape index (κ3) is 4.08. The molecule has 0 fully saturated rings. The van der Waals surface area contributed by atoms with Gasteiger partial charge >= 0.3 is 0 Å². The summed E-state index contributed by atoms with van der Waals surface area (Å²) in [4.78, 5) is 0. The number of benzene rings is 1. The van der Waals surface area contributed by atoms with Gasteiger partial charge in [0.25, 0.3) is 0 Å². The first-order valence-electron chi connectivity index (χ1n) is 5.17. The summed E-state index contributed by atoms with van der Waals surface area (Å²) in [7, 11) is 0. The molecule has 1 aromatic carbocycles. The van der Waals surface area contributed by atoms with E-state index in [9.17, 15) is 0 Å². The van der Waals surface area contributed by atoms with Gasteiger partial charge in [0.05, 0.1) is 0 Å². The Morgan fingerprint density at radius 1 is 1.00 bits per heavy atom. The second-order valence-electron chi connectivity index (χ2n) is 3.46. The van der Waals surface area contributed by atoms with Crippen molar-refractivity contribution >= 4 is 6.08 Å². The molecule has 74 valence electrons. The molecule has 1 rings (SSSR count). The Bertz CT molecular complexity index is 301. The molecule has 0 aliphatic heterocycles. The molecular weight excluding hydrogens is 168 g/mol. The van der Waals surface area contributed by atoms with E-state index in [-0.39, 0.29) is 0 Å². The number of allylic oxidation sites excluding steroid dienone is 3. The van der Waals surface area contributed by atoms with E-state index in [1.165, 1.54) is 11.1 Å².